The Morgan fingerprint density at radius 1 is 1.43 bits per heavy atom. The molecule has 0 atom stereocenters. The Labute approximate surface area is 124 Å². The Balaban J connectivity index is 2.36. The number of nitrogens with zero attached hydrogens (tertiary/aromatic N) is 2. The van der Waals surface area contributed by atoms with Gasteiger partial charge >= 0.3 is 5.97 Å². The predicted molar refractivity (Wildman–Crippen MR) is 75.2 cm³/mol. The van der Waals surface area contributed by atoms with Crippen molar-refractivity contribution in [3.8, 4) is 11.5 Å². The fourth-order valence-electron chi connectivity index (χ4n) is 1.51. The lowest BCUT2D eigenvalue weighted by Gasteiger charge is -2.06. The number of thioether (sulfide) groups is 1. The average molecular weight is 308 g/mol. The Bertz CT molecular complexity index is 696. The summed E-state index contributed by atoms with van der Waals surface area (Å²) in [4.78, 5) is 11.2. The normalized spacial score (nSPS) is 11.4. The van der Waals surface area contributed by atoms with E-state index in [0.717, 1.165) is 11.8 Å². The third-order valence-corrected chi connectivity index (χ3v) is 3.30. The van der Waals surface area contributed by atoms with Crippen molar-refractivity contribution in [2.75, 3.05) is 7.11 Å². The standard InChI is InChI=1S/C13H12N2O5S/c1-7-14-15-13(20-7)21-10(12(17)18)6-8-4-3-5-9(19-2)11(8)16/h3-6,16H,1-2H3,(H,17,18)/b10-6-. The van der Waals surface area contributed by atoms with E-state index < -0.39 is 5.97 Å². The zero-order chi connectivity index (χ0) is 15.4. The molecule has 0 spiro atoms. The lowest BCUT2D eigenvalue weighted by Crippen LogP contribution is -1.97. The van der Waals surface area contributed by atoms with Gasteiger partial charge in [-0.2, -0.15) is 0 Å². The number of carbonyl (C=O) groups is 1. The third-order valence-electron chi connectivity index (χ3n) is 2.45. The molecule has 0 amide bonds. The molecule has 0 radical (unpaired) electrons. The Morgan fingerprint density at radius 2 is 2.19 bits per heavy atom. The number of ether oxygens (including phenoxy) is 1. The highest BCUT2D eigenvalue weighted by atomic mass is 32.2. The van der Waals surface area contributed by atoms with Crippen molar-refractivity contribution >= 4 is 23.8 Å². The molecule has 1 aromatic heterocycles. The van der Waals surface area contributed by atoms with Crippen molar-refractivity contribution in [2.45, 2.75) is 12.1 Å². The molecular weight excluding hydrogens is 296 g/mol. The molecule has 0 aliphatic carbocycles. The number of methoxy groups -OCH3 is 1. The minimum atomic E-state index is -1.17. The molecule has 2 rings (SSSR count). The first-order valence-electron chi connectivity index (χ1n) is 5.80. The minimum absolute atomic E-state index is 0.0674. The highest BCUT2D eigenvalue weighted by Crippen LogP contribution is 2.34. The van der Waals surface area contributed by atoms with Gasteiger partial charge in [0.1, 0.15) is 4.91 Å². The molecule has 1 heterocycles. The highest BCUT2D eigenvalue weighted by Gasteiger charge is 2.16. The maximum absolute atomic E-state index is 11.3. The van der Waals surface area contributed by atoms with Crippen LogP contribution in [0.4, 0.5) is 0 Å². The molecule has 1 aromatic carbocycles. The summed E-state index contributed by atoms with van der Waals surface area (Å²) in [5.74, 6) is -0.710. The van der Waals surface area contributed by atoms with E-state index in [1.807, 2.05) is 0 Å². The molecule has 2 aromatic rings. The number of benzene rings is 1. The van der Waals surface area contributed by atoms with E-state index in [9.17, 15) is 15.0 Å². The Morgan fingerprint density at radius 3 is 2.76 bits per heavy atom. The number of phenolic OH excluding ortho intramolecular Hbond substituents is 1. The summed E-state index contributed by atoms with van der Waals surface area (Å²) in [6.07, 6.45) is 1.31. The van der Waals surface area contributed by atoms with Crippen molar-refractivity contribution in [3.05, 3.63) is 34.6 Å². The first-order chi connectivity index (χ1) is 10.0. The van der Waals surface area contributed by atoms with Crippen molar-refractivity contribution < 1.29 is 24.2 Å². The van der Waals surface area contributed by atoms with Gasteiger partial charge in [-0.1, -0.05) is 12.1 Å². The molecule has 0 aliphatic rings. The van der Waals surface area contributed by atoms with Gasteiger partial charge in [0.15, 0.2) is 11.5 Å². The lowest BCUT2D eigenvalue weighted by molar-refractivity contribution is -0.131. The topological polar surface area (TPSA) is 106 Å². The minimum Gasteiger partial charge on any atom is -0.504 e. The quantitative estimate of drug-likeness (QED) is 0.640. The summed E-state index contributed by atoms with van der Waals surface area (Å²) < 4.78 is 10.1. The van der Waals surface area contributed by atoms with Crippen molar-refractivity contribution in [1.82, 2.24) is 10.2 Å². The number of para-hydroxylation sites is 1. The smallest absolute Gasteiger partial charge is 0.342 e. The summed E-state index contributed by atoms with van der Waals surface area (Å²) in [5, 5.41) is 26.7. The van der Waals surface area contributed by atoms with Gasteiger partial charge in [0, 0.05) is 12.5 Å². The van der Waals surface area contributed by atoms with Gasteiger partial charge in [-0.3, -0.25) is 0 Å². The number of hydrogen-bond acceptors (Lipinski definition) is 7. The van der Waals surface area contributed by atoms with E-state index in [1.165, 1.54) is 13.2 Å². The van der Waals surface area contributed by atoms with Crippen LogP contribution in [0.1, 0.15) is 11.5 Å². The second-order valence-corrected chi connectivity index (χ2v) is 4.89. The molecule has 7 nitrogen and oxygen atoms in total. The second kappa shape index (κ2) is 6.31. The number of carboxylic acid groups (broad SMARTS) is 1. The van der Waals surface area contributed by atoms with E-state index in [1.54, 1.807) is 25.1 Å². The molecule has 0 fully saturated rings. The van der Waals surface area contributed by atoms with Gasteiger partial charge in [0.2, 0.25) is 5.89 Å². The molecule has 110 valence electrons. The van der Waals surface area contributed by atoms with Crippen LogP contribution in [0.3, 0.4) is 0 Å². The molecule has 8 heteroatoms. The number of phenols is 1. The number of hydrogen-bond donors (Lipinski definition) is 2. The van der Waals surface area contributed by atoms with Crippen molar-refractivity contribution in [3.63, 3.8) is 0 Å². The Hall–Kier alpha value is -2.48. The van der Waals surface area contributed by atoms with Gasteiger partial charge in [-0.15, -0.1) is 10.2 Å². The molecule has 2 N–H and O–H groups in total. The third kappa shape index (κ3) is 3.54. The first-order valence-corrected chi connectivity index (χ1v) is 6.62. The fraction of sp³-hybridized carbons (Fsp3) is 0.154. The number of aliphatic carboxylic acids is 1. The second-order valence-electron chi connectivity index (χ2n) is 3.90. The fourth-order valence-corrected chi connectivity index (χ4v) is 2.22. The molecule has 0 saturated heterocycles. The number of aromatic hydroxyl groups is 1. The lowest BCUT2D eigenvalue weighted by atomic mass is 10.1. The zero-order valence-corrected chi connectivity index (χ0v) is 12.0. The first kappa shape index (κ1) is 14.9. The van der Waals surface area contributed by atoms with Gasteiger partial charge in [-0.25, -0.2) is 4.79 Å². The average Bonchev–Trinajstić information content (AvgIpc) is 2.85. The van der Waals surface area contributed by atoms with E-state index >= 15 is 0 Å². The molecule has 0 saturated carbocycles. The van der Waals surface area contributed by atoms with Crippen LogP contribution in [0.25, 0.3) is 6.08 Å². The SMILES string of the molecule is COc1cccc(/C=C(\Sc2nnc(C)o2)C(=O)O)c1O. The van der Waals surface area contributed by atoms with E-state index in [-0.39, 0.29) is 21.6 Å². The van der Waals surface area contributed by atoms with E-state index in [2.05, 4.69) is 10.2 Å². The van der Waals surface area contributed by atoms with Crippen molar-refractivity contribution in [1.29, 1.82) is 0 Å². The monoisotopic (exact) mass is 308 g/mol. The van der Waals surface area contributed by atoms with E-state index in [4.69, 9.17) is 9.15 Å². The summed E-state index contributed by atoms with van der Waals surface area (Å²) in [6, 6.07) is 4.79. The van der Waals surface area contributed by atoms with Gasteiger partial charge in [0.05, 0.1) is 7.11 Å². The van der Waals surface area contributed by atoms with Crippen LogP contribution in [-0.4, -0.2) is 33.5 Å². The predicted octanol–water partition coefficient (Wildman–Crippen LogP) is 2.31. The molecule has 0 unspecified atom stereocenters. The van der Waals surface area contributed by atoms with E-state index in [0.29, 0.717) is 11.5 Å². The number of rotatable bonds is 5. The maximum Gasteiger partial charge on any atom is 0.342 e. The van der Waals surface area contributed by atoms with Gasteiger partial charge < -0.3 is 19.4 Å². The maximum atomic E-state index is 11.3. The largest absolute Gasteiger partial charge is 0.504 e. The Kier molecular flexibility index (Phi) is 4.49. The molecule has 0 aliphatic heterocycles. The summed E-state index contributed by atoms with van der Waals surface area (Å²) in [7, 11) is 1.41. The number of carboxylic acids is 1. The summed E-state index contributed by atoms with van der Waals surface area (Å²) in [6.45, 7) is 1.61. The van der Waals surface area contributed by atoms with Crippen LogP contribution in [-0.2, 0) is 4.79 Å². The molecule has 21 heavy (non-hydrogen) atoms. The van der Waals surface area contributed by atoms with Gasteiger partial charge in [0.25, 0.3) is 5.22 Å². The molecule has 0 bridgehead atoms. The highest BCUT2D eigenvalue weighted by molar-refractivity contribution is 8.03. The van der Waals surface area contributed by atoms with Gasteiger partial charge in [-0.05, 0) is 23.9 Å². The van der Waals surface area contributed by atoms with Crippen LogP contribution in [0, 0.1) is 6.92 Å². The van der Waals surface area contributed by atoms with Crippen LogP contribution in [0.15, 0.2) is 32.7 Å². The molecular formula is C13H12N2O5S. The number of aryl methyl sites for hydroxylation is 1. The zero-order valence-electron chi connectivity index (χ0n) is 11.2. The summed E-state index contributed by atoms with van der Waals surface area (Å²) >= 11 is 0.804. The van der Waals surface area contributed by atoms with Crippen molar-refractivity contribution in [2.24, 2.45) is 0 Å². The van der Waals surface area contributed by atoms with Crippen LogP contribution >= 0.6 is 11.8 Å². The van der Waals surface area contributed by atoms with Crippen LogP contribution in [0.2, 0.25) is 0 Å². The summed E-state index contributed by atoms with van der Waals surface area (Å²) in [5.41, 5.74) is 0.315. The number of aromatic nitrogens is 2. The van der Waals surface area contributed by atoms with Crippen LogP contribution in [0.5, 0.6) is 11.5 Å². The van der Waals surface area contributed by atoms with Crippen LogP contribution < -0.4 is 4.74 Å².